The predicted octanol–water partition coefficient (Wildman–Crippen LogP) is 2.15. The Hall–Kier alpha value is -2.26. The Morgan fingerprint density at radius 2 is 2.41 bits per heavy atom. The maximum atomic E-state index is 8.56. The Labute approximate surface area is 101 Å². The highest BCUT2D eigenvalue weighted by Crippen LogP contribution is 2.23. The molecule has 0 saturated heterocycles. The zero-order chi connectivity index (χ0) is 11.7. The number of aromatic nitrogens is 4. The highest BCUT2D eigenvalue weighted by atomic mass is 32.1. The van der Waals surface area contributed by atoms with Crippen molar-refractivity contribution in [2.45, 2.75) is 6.42 Å². The van der Waals surface area contributed by atoms with E-state index in [4.69, 9.17) is 5.26 Å². The van der Waals surface area contributed by atoms with E-state index in [0.29, 0.717) is 11.6 Å². The van der Waals surface area contributed by atoms with Crippen LogP contribution in [0.2, 0.25) is 0 Å². The van der Waals surface area contributed by atoms with Crippen LogP contribution in [0.25, 0.3) is 21.6 Å². The van der Waals surface area contributed by atoms with Gasteiger partial charge in [-0.2, -0.15) is 10.4 Å². The summed E-state index contributed by atoms with van der Waals surface area (Å²) in [5.74, 6) is 1.16. The van der Waals surface area contributed by atoms with E-state index in [1.165, 1.54) is 0 Å². The fourth-order valence-electron chi connectivity index (χ4n) is 1.55. The second kappa shape index (κ2) is 3.96. The van der Waals surface area contributed by atoms with Gasteiger partial charge in [-0.25, -0.2) is 4.98 Å². The first kappa shape index (κ1) is 9.93. The SMILES string of the molecule is N#CCc1nc(-c2cnc3ccsc3c2)n[nH]1. The van der Waals surface area contributed by atoms with Crippen molar-refractivity contribution in [2.24, 2.45) is 0 Å². The van der Waals surface area contributed by atoms with Crippen molar-refractivity contribution in [3.05, 3.63) is 29.5 Å². The summed E-state index contributed by atoms with van der Waals surface area (Å²) in [7, 11) is 0. The lowest BCUT2D eigenvalue weighted by atomic mass is 10.2. The van der Waals surface area contributed by atoms with Gasteiger partial charge in [-0.3, -0.25) is 10.1 Å². The molecule has 3 rings (SSSR count). The first-order chi connectivity index (χ1) is 8.36. The molecule has 3 heterocycles. The molecule has 5 nitrogen and oxygen atoms in total. The van der Waals surface area contributed by atoms with Crippen molar-refractivity contribution < 1.29 is 0 Å². The van der Waals surface area contributed by atoms with E-state index in [1.54, 1.807) is 17.5 Å². The monoisotopic (exact) mass is 241 g/mol. The molecule has 82 valence electrons. The molecule has 0 aliphatic carbocycles. The Morgan fingerprint density at radius 1 is 1.47 bits per heavy atom. The van der Waals surface area contributed by atoms with Gasteiger partial charge in [-0.05, 0) is 17.5 Å². The van der Waals surface area contributed by atoms with Crippen LogP contribution in [0.3, 0.4) is 0 Å². The lowest BCUT2D eigenvalue weighted by Gasteiger charge is -1.94. The molecule has 0 fully saturated rings. The molecule has 1 N–H and O–H groups in total. The summed E-state index contributed by atoms with van der Waals surface area (Å²) in [5.41, 5.74) is 1.84. The summed E-state index contributed by atoms with van der Waals surface area (Å²) in [5, 5.41) is 17.4. The molecule has 3 aromatic heterocycles. The molecule has 0 aliphatic heterocycles. The van der Waals surface area contributed by atoms with E-state index < -0.39 is 0 Å². The summed E-state index contributed by atoms with van der Waals surface area (Å²) in [6.07, 6.45) is 1.98. The van der Waals surface area contributed by atoms with Gasteiger partial charge in [0.1, 0.15) is 5.82 Å². The Morgan fingerprint density at radius 3 is 3.29 bits per heavy atom. The summed E-state index contributed by atoms with van der Waals surface area (Å²) in [6.45, 7) is 0. The molecule has 0 atom stereocenters. The minimum absolute atomic E-state index is 0.238. The van der Waals surface area contributed by atoms with E-state index in [9.17, 15) is 0 Å². The quantitative estimate of drug-likeness (QED) is 0.745. The standard InChI is InChI=1S/C11H7N5S/c12-3-1-10-14-11(16-15-10)7-5-9-8(13-6-7)2-4-17-9/h2,4-6H,1H2,(H,14,15,16). The minimum atomic E-state index is 0.238. The average Bonchev–Trinajstić information content (AvgIpc) is 2.96. The first-order valence-corrected chi connectivity index (χ1v) is 5.86. The highest BCUT2D eigenvalue weighted by Gasteiger charge is 2.07. The van der Waals surface area contributed by atoms with Crippen LogP contribution in [0.15, 0.2) is 23.7 Å². The van der Waals surface area contributed by atoms with Crippen LogP contribution in [0.1, 0.15) is 5.82 Å². The summed E-state index contributed by atoms with van der Waals surface area (Å²) in [4.78, 5) is 8.56. The third-order valence-corrected chi connectivity index (χ3v) is 3.19. The molecular weight excluding hydrogens is 234 g/mol. The second-order valence-corrected chi connectivity index (χ2v) is 4.42. The molecule has 0 spiro atoms. The fourth-order valence-corrected chi connectivity index (χ4v) is 2.33. The van der Waals surface area contributed by atoms with Crippen molar-refractivity contribution in [1.29, 1.82) is 5.26 Å². The van der Waals surface area contributed by atoms with Gasteiger partial charge in [-0.15, -0.1) is 11.3 Å². The summed E-state index contributed by atoms with van der Waals surface area (Å²) < 4.78 is 1.11. The smallest absolute Gasteiger partial charge is 0.182 e. The van der Waals surface area contributed by atoms with Gasteiger partial charge in [0, 0.05) is 11.8 Å². The van der Waals surface area contributed by atoms with Crippen LogP contribution in [0.4, 0.5) is 0 Å². The Bertz CT molecular complexity index is 706. The molecule has 6 heteroatoms. The predicted molar refractivity (Wildman–Crippen MR) is 64.3 cm³/mol. The number of nitrogens with one attached hydrogen (secondary N) is 1. The molecule has 0 amide bonds. The maximum absolute atomic E-state index is 8.56. The van der Waals surface area contributed by atoms with Crippen LogP contribution in [-0.4, -0.2) is 20.2 Å². The lowest BCUT2D eigenvalue weighted by Crippen LogP contribution is -1.84. The van der Waals surface area contributed by atoms with Crippen LogP contribution in [0, 0.1) is 11.3 Å². The number of hydrogen-bond donors (Lipinski definition) is 1. The second-order valence-electron chi connectivity index (χ2n) is 3.47. The third kappa shape index (κ3) is 1.77. The third-order valence-electron chi connectivity index (χ3n) is 2.34. The molecule has 3 aromatic rings. The summed E-state index contributed by atoms with van der Waals surface area (Å²) in [6, 6.07) is 6.01. The van der Waals surface area contributed by atoms with Crippen molar-refractivity contribution in [1.82, 2.24) is 20.2 Å². The molecule has 0 aliphatic rings. The number of hydrogen-bond acceptors (Lipinski definition) is 5. The van der Waals surface area contributed by atoms with Crippen molar-refractivity contribution in [2.75, 3.05) is 0 Å². The topological polar surface area (TPSA) is 78.2 Å². The zero-order valence-corrected chi connectivity index (χ0v) is 9.53. The number of nitrogens with zero attached hydrogens (tertiary/aromatic N) is 4. The van der Waals surface area contributed by atoms with Crippen molar-refractivity contribution >= 4 is 21.6 Å². The number of fused-ring (bicyclic) bond motifs is 1. The number of H-pyrrole nitrogens is 1. The van der Waals surface area contributed by atoms with Crippen molar-refractivity contribution in [3.63, 3.8) is 0 Å². The number of rotatable bonds is 2. The Balaban J connectivity index is 2.04. The van der Waals surface area contributed by atoms with Gasteiger partial charge in [0.05, 0.1) is 22.7 Å². The van der Waals surface area contributed by atoms with E-state index in [0.717, 1.165) is 15.8 Å². The fraction of sp³-hybridized carbons (Fsp3) is 0.0909. The largest absolute Gasteiger partial charge is 0.262 e. The van der Waals surface area contributed by atoms with E-state index >= 15 is 0 Å². The summed E-state index contributed by atoms with van der Waals surface area (Å²) >= 11 is 1.63. The van der Waals surface area contributed by atoms with Gasteiger partial charge in [0.25, 0.3) is 0 Å². The average molecular weight is 241 g/mol. The van der Waals surface area contributed by atoms with Gasteiger partial charge in [-0.1, -0.05) is 0 Å². The number of pyridine rings is 1. The number of nitriles is 1. The molecule has 0 bridgehead atoms. The van der Waals surface area contributed by atoms with Crippen LogP contribution in [-0.2, 0) is 6.42 Å². The molecular formula is C11H7N5S. The number of aromatic amines is 1. The van der Waals surface area contributed by atoms with E-state index in [1.807, 2.05) is 23.6 Å². The van der Waals surface area contributed by atoms with Gasteiger partial charge in [0.15, 0.2) is 5.82 Å². The Kier molecular flexibility index (Phi) is 2.31. The van der Waals surface area contributed by atoms with Gasteiger partial charge < -0.3 is 0 Å². The van der Waals surface area contributed by atoms with E-state index in [2.05, 4.69) is 20.2 Å². The van der Waals surface area contributed by atoms with Gasteiger partial charge in [0.2, 0.25) is 0 Å². The minimum Gasteiger partial charge on any atom is -0.262 e. The first-order valence-electron chi connectivity index (χ1n) is 4.98. The normalized spacial score (nSPS) is 10.5. The molecule has 0 unspecified atom stereocenters. The lowest BCUT2D eigenvalue weighted by molar-refractivity contribution is 0.996. The van der Waals surface area contributed by atoms with Crippen LogP contribution in [0.5, 0.6) is 0 Å². The maximum Gasteiger partial charge on any atom is 0.182 e. The molecule has 0 radical (unpaired) electrons. The molecule has 17 heavy (non-hydrogen) atoms. The van der Waals surface area contributed by atoms with Gasteiger partial charge >= 0.3 is 0 Å². The van der Waals surface area contributed by atoms with Crippen molar-refractivity contribution in [3.8, 4) is 17.5 Å². The highest BCUT2D eigenvalue weighted by molar-refractivity contribution is 7.17. The van der Waals surface area contributed by atoms with Crippen LogP contribution < -0.4 is 0 Å². The van der Waals surface area contributed by atoms with Crippen LogP contribution >= 0.6 is 11.3 Å². The van der Waals surface area contributed by atoms with E-state index in [-0.39, 0.29) is 6.42 Å². The zero-order valence-electron chi connectivity index (χ0n) is 8.71. The number of thiophene rings is 1. The molecule has 0 saturated carbocycles. The molecule has 0 aromatic carbocycles.